The Labute approximate surface area is 158 Å². The second-order valence-electron chi connectivity index (χ2n) is 6.17. The van der Waals surface area contributed by atoms with Crippen molar-refractivity contribution < 1.29 is 27.4 Å². The molecule has 3 aromatic carbocycles. The Kier molecular flexibility index (Phi) is 4.43. The van der Waals surface area contributed by atoms with E-state index < -0.39 is 12.3 Å². The van der Waals surface area contributed by atoms with Gasteiger partial charge in [-0.2, -0.15) is 0 Å². The Morgan fingerprint density at radius 2 is 1.39 bits per heavy atom. The molecule has 142 valence electrons. The lowest BCUT2D eigenvalue weighted by Gasteiger charge is -2.27. The molecule has 28 heavy (non-hydrogen) atoms. The van der Waals surface area contributed by atoms with Gasteiger partial charge in [0.05, 0.1) is 5.92 Å². The Morgan fingerprint density at radius 1 is 0.857 bits per heavy atom. The molecular weight excluding hydrogens is 371 g/mol. The van der Waals surface area contributed by atoms with Gasteiger partial charge < -0.3 is 14.8 Å². The van der Waals surface area contributed by atoms with Crippen LogP contribution in [0.4, 0.5) is 18.9 Å². The quantitative estimate of drug-likeness (QED) is 0.651. The summed E-state index contributed by atoms with van der Waals surface area (Å²) in [5.41, 5.74) is 1.80. The number of fused-ring (bicyclic) bond motifs is 2. The van der Waals surface area contributed by atoms with Crippen LogP contribution in [-0.2, 0) is 4.79 Å². The molecule has 7 heteroatoms. The molecule has 0 spiro atoms. The van der Waals surface area contributed by atoms with E-state index in [1.165, 1.54) is 12.1 Å². The molecule has 4 nitrogen and oxygen atoms in total. The standard InChI is InChI=1S/C21H14F3NO3/c22-21(23,24)28-14-11-9-13(10-12-14)25-20(26)19-15-5-1-3-7-17(15)27-18-8-4-2-6-16(18)19/h1-12,19H,(H,25,26). The Bertz CT molecular complexity index is 970. The fourth-order valence-electron chi connectivity index (χ4n) is 3.15. The van der Waals surface area contributed by atoms with Crippen molar-refractivity contribution in [3.8, 4) is 17.2 Å². The SMILES string of the molecule is O=C(Nc1ccc(OC(F)(F)F)cc1)C1c2ccccc2Oc2ccccc21. The van der Waals surface area contributed by atoms with E-state index in [2.05, 4.69) is 10.1 Å². The first-order valence-corrected chi connectivity index (χ1v) is 8.43. The smallest absolute Gasteiger partial charge is 0.457 e. The van der Waals surface area contributed by atoms with Crippen LogP contribution < -0.4 is 14.8 Å². The molecule has 0 aromatic heterocycles. The zero-order valence-electron chi connectivity index (χ0n) is 14.4. The van der Waals surface area contributed by atoms with Crippen LogP contribution in [0.1, 0.15) is 17.0 Å². The van der Waals surface area contributed by atoms with E-state index in [9.17, 15) is 18.0 Å². The molecule has 1 N–H and O–H groups in total. The van der Waals surface area contributed by atoms with Crippen molar-refractivity contribution in [1.29, 1.82) is 0 Å². The largest absolute Gasteiger partial charge is 0.573 e. The van der Waals surface area contributed by atoms with Gasteiger partial charge in [0.15, 0.2) is 0 Å². The number of carbonyl (C=O) groups is 1. The van der Waals surface area contributed by atoms with Gasteiger partial charge in [0, 0.05) is 16.8 Å². The van der Waals surface area contributed by atoms with Gasteiger partial charge in [0.25, 0.3) is 0 Å². The van der Waals surface area contributed by atoms with Crippen molar-refractivity contribution in [2.45, 2.75) is 12.3 Å². The summed E-state index contributed by atoms with van der Waals surface area (Å²) in [6.45, 7) is 0. The minimum absolute atomic E-state index is 0.312. The van der Waals surface area contributed by atoms with Gasteiger partial charge in [-0.3, -0.25) is 4.79 Å². The Hall–Kier alpha value is -3.48. The molecule has 0 fully saturated rings. The van der Waals surface area contributed by atoms with Gasteiger partial charge in [0.1, 0.15) is 17.2 Å². The summed E-state index contributed by atoms with van der Waals surface area (Å²) in [5, 5.41) is 2.75. The number of amides is 1. The molecule has 0 unspecified atom stereocenters. The van der Waals surface area contributed by atoms with Crippen molar-refractivity contribution in [2.75, 3.05) is 5.32 Å². The lowest BCUT2D eigenvalue weighted by atomic mass is 9.87. The van der Waals surface area contributed by atoms with Crippen LogP contribution in [0.15, 0.2) is 72.8 Å². The number of para-hydroxylation sites is 2. The van der Waals surface area contributed by atoms with Crippen molar-refractivity contribution in [1.82, 2.24) is 0 Å². The number of ether oxygens (including phenoxy) is 2. The number of anilines is 1. The first kappa shape index (κ1) is 17.9. The first-order valence-electron chi connectivity index (χ1n) is 8.43. The minimum atomic E-state index is -4.76. The summed E-state index contributed by atoms with van der Waals surface area (Å²) in [6, 6.07) is 19.5. The molecule has 3 aromatic rings. The molecular formula is C21H14F3NO3. The third-order valence-electron chi connectivity index (χ3n) is 4.30. The number of hydrogen-bond donors (Lipinski definition) is 1. The predicted molar refractivity (Wildman–Crippen MR) is 96.6 cm³/mol. The number of halogens is 3. The Balaban J connectivity index is 1.60. The first-order chi connectivity index (χ1) is 13.4. The van der Waals surface area contributed by atoms with Crippen molar-refractivity contribution in [2.24, 2.45) is 0 Å². The number of rotatable bonds is 3. The molecule has 0 radical (unpaired) electrons. The van der Waals surface area contributed by atoms with E-state index in [1.54, 1.807) is 12.1 Å². The van der Waals surface area contributed by atoms with Crippen molar-refractivity contribution in [3.05, 3.63) is 83.9 Å². The van der Waals surface area contributed by atoms with Crippen LogP contribution in [0.2, 0.25) is 0 Å². The van der Waals surface area contributed by atoms with Gasteiger partial charge in [0.2, 0.25) is 5.91 Å². The molecule has 1 amide bonds. The van der Waals surface area contributed by atoms with E-state index in [0.717, 1.165) is 23.3 Å². The number of benzene rings is 3. The molecule has 0 saturated carbocycles. The molecule has 1 aliphatic rings. The van der Waals surface area contributed by atoms with E-state index in [0.29, 0.717) is 17.2 Å². The summed E-state index contributed by atoms with van der Waals surface area (Å²) in [6.07, 6.45) is -4.76. The number of alkyl halides is 3. The van der Waals surface area contributed by atoms with E-state index in [-0.39, 0.29) is 11.7 Å². The summed E-state index contributed by atoms with van der Waals surface area (Å²) in [4.78, 5) is 13.0. The fraction of sp³-hybridized carbons (Fsp3) is 0.0952. The molecule has 4 rings (SSSR count). The van der Waals surface area contributed by atoms with Gasteiger partial charge in [-0.25, -0.2) is 0 Å². The van der Waals surface area contributed by atoms with Crippen LogP contribution in [0.3, 0.4) is 0 Å². The van der Waals surface area contributed by atoms with Crippen molar-refractivity contribution >= 4 is 11.6 Å². The normalized spacial score (nSPS) is 13.1. The molecule has 0 aliphatic carbocycles. The highest BCUT2D eigenvalue weighted by atomic mass is 19.4. The average molecular weight is 385 g/mol. The topological polar surface area (TPSA) is 47.6 Å². The summed E-state index contributed by atoms with van der Waals surface area (Å²) < 4.78 is 46.5. The average Bonchev–Trinajstić information content (AvgIpc) is 2.66. The van der Waals surface area contributed by atoms with Crippen LogP contribution in [0.5, 0.6) is 17.2 Å². The fourth-order valence-corrected chi connectivity index (χ4v) is 3.15. The Morgan fingerprint density at radius 3 is 1.93 bits per heavy atom. The van der Waals surface area contributed by atoms with Gasteiger partial charge in [-0.1, -0.05) is 36.4 Å². The molecule has 0 atom stereocenters. The molecule has 0 saturated heterocycles. The number of carbonyl (C=O) groups excluding carboxylic acids is 1. The van der Waals surface area contributed by atoms with E-state index in [4.69, 9.17) is 4.74 Å². The summed E-state index contributed by atoms with van der Waals surface area (Å²) in [5.74, 6) is -0.0854. The van der Waals surface area contributed by atoms with Crippen LogP contribution in [0.25, 0.3) is 0 Å². The maximum Gasteiger partial charge on any atom is 0.573 e. The predicted octanol–water partition coefficient (Wildman–Crippen LogP) is 5.46. The van der Waals surface area contributed by atoms with Gasteiger partial charge in [-0.15, -0.1) is 13.2 Å². The van der Waals surface area contributed by atoms with Gasteiger partial charge in [-0.05, 0) is 36.4 Å². The van der Waals surface area contributed by atoms with Crippen LogP contribution in [0, 0.1) is 0 Å². The highest BCUT2D eigenvalue weighted by Gasteiger charge is 2.33. The second-order valence-corrected chi connectivity index (χ2v) is 6.17. The van der Waals surface area contributed by atoms with Gasteiger partial charge >= 0.3 is 6.36 Å². The monoisotopic (exact) mass is 385 g/mol. The highest BCUT2D eigenvalue weighted by Crippen LogP contribution is 2.44. The summed E-state index contributed by atoms with van der Waals surface area (Å²) >= 11 is 0. The lowest BCUT2D eigenvalue weighted by Crippen LogP contribution is -2.25. The second kappa shape index (κ2) is 6.92. The lowest BCUT2D eigenvalue weighted by molar-refractivity contribution is -0.274. The third-order valence-corrected chi connectivity index (χ3v) is 4.30. The van der Waals surface area contributed by atoms with Crippen LogP contribution >= 0.6 is 0 Å². The summed E-state index contributed by atoms with van der Waals surface area (Å²) in [7, 11) is 0. The van der Waals surface area contributed by atoms with E-state index >= 15 is 0 Å². The maximum absolute atomic E-state index is 13.0. The number of nitrogens with one attached hydrogen (secondary N) is 1. The minimum Gasteiger partial charge on any atom is -0.457 e. The zero-order valence-corrected chi connectivity index (χ0v) is 14.4. The molecule has 0 bridgehead atoms. The molecule has 1 aliphatic heterocycles. The zero-order chi connectivity index (χ0) is 19.7. The van der Waals surface area contributed by atoms with Crippen LogP contribution in [-0.4, -0.2) is 12.3 Å². The maximum atomic E-state index is 13.0. The highest BCUT2D eigenvalue weighted by molar-refractivity contribution is 5.99. The van der Waals surface area contributed by atoms with Crippen molar-refractivity contribution in [3.63, 3.8) is 0 Å². The third kappa shape index (κ3) is 3.64. The number of hydrogen-bond acceptors (Lipinski definition) is 3. The van der Waals surface area contributed by atoms with E-state index in [1.807, 2.05) is 36.4 Å². The molecule has 1 heterocycles.